The molecule has 172 valence electrons. The van der Waals surface area contributed by atoms with Crippen LogP contribution >= 0.6 is 23.1 Å². The molecule has 0 spiro atoms. The zero-order valence-electron chi connectivity index (χ0n) is 17.4. The van der Waals surface area contributed by atoms with E-state index in [1.807, 2.05) is 6.08 Å². The van der Waals surface area contributed by atoms with Gasteiger partial charge in [-0.25, -0.2) is 14.2 Å². The number of thiazole rings is 1. The van der Waals surface area contributed by atoms with Crippen molar-refractivity contribution in [3.63, 3.8) is 0 Å². The molecule has 0 unspecified atom stereocenters. The maximum absolute atomic E-state index is 13.0. The van der Waals surface area contributed by atoms with E-state index in [1.54, 1.807) is 11.5 Å². The molecule has 1 saturated carbocycles. The molecule has 1 N–H and O–H groups in total. The first kappa shape index (κ1) is 25.6. The van der Waals surface area contributed by atoms with Gasteiger partial charge in [0.1, 0.15) is 5.78 Å². The van der Waals surface area contributed by atoms with Crippen LogP contribution in [0.5, 0.6) is 0 Å². The number of esters is 1. The summed E-state index contributed by atoms with van der Waals surface area (Å²) in [5, 5.41) is 11.9. The fourth-order valence-electron chi connectivity index (χ4n) is 3.41. The van der Waals surface area contributed by atoms with E-state index in [0.29, 0.717) is 18.6 Å². The number of carbonyl (C=O) groups is 2. The van der Waals surface area contributed by atoms with Crippen LogP contribution in [0.1, 0.15) is 55.9 Å². The number of allylic oxidation sites excluding steroid dienone is 2. The molecule has 0 aliphatic heterocycles. The first-order valence-corrected chi connectivity index (χ1v) is 11.8. The predicted octanol–water partition coefficient (Wildman–Crippen LogP) is 5.56. The summed E-state index contributed by atoms with van der Waals surface area (Å²) in [6, 6.07) is 0. The number of rotatable bonds is 11. The average Bonchev–Trinajstić information content (AvgIpc) is 3.33. The lowest BCUT2D eigenvalue weighted by Gasteiger charge is -2.21. The SMILES string of the molecule is COC(=O)c1csc(SCC[C@H]2C(=O)CC[C@H]2/C=C/C[C@@](C)(O)CCC(F)=C(F)F)n1. The van der Waals surface area contributed by atoms with Gasteiger partial charge in [-0.05, 0) is 38.5 Å². The molecule has 3 atom stereocenters. The van der Waals surface area contributed by atoms with Crippen LogP contribution in [-0.2, 0) is 9.53 Å². The van der Waals surface area contributed by atoms with Crippen LogP contribution in [0.2, 0.25) is 0 Å². The Morgan fingerprint density at radius 2 is 2.19 bits per heavy atom. The number of carbonyl (C=O) groups excluding carboxylic acids is 2. The molecule has 0 saturated heterocycles. The molecule has 1 fully saturated rings. The molecule has 0 bridgehead atoms. The second-order valence-corrected chi connectivity index (χ2v) is 9.90. The Balaban J connectivity index is 1.83. The van der Waals surface area contributed by atoms with Crippen LogP contribution in [0.4, 0.5) is 13.2 Å². The molecule has 1 aliphatic rings. The first-order chi connectivity index (χ1) is 14.6. The Labute approximate surface area is 187 Å². The highest BCUT2D eigenvalue weighted by atomic mass is 32.2. The molecule has 1 heterocycles. The molecule has 5 nitrogen and oxygen atoms in total. The zero-order chi connectivity index (χ0) is 23.0. The van der Waals surface area contributed by atoms with E-state index in [2.05, 4.69) is 9.72 Å². The average molecular weight is 478 g/mol. The normalized spacial score (nSPS) is 20.8. The maximum atomic E-state index is 13.0. The maximum Gasteiger partial charge on any atom is 0.357 e. The number of hydrogen-bond donors (Lipinski definition) is 1. The fraction of sp³-hybridized carbons (Fsp3) is 0.571. The predicted molar refractivity (Wildman–Crippen MR) is 114 cm³/mol. The van der Waals surface area contributed by atoms with E-state index < -0.39 is 29.9 Å². The highest BCUT2D eigenvalue weighted by molar-refractivity contribution is 8.01. The summed E-state index contributed by atoms with van der Waals surface area (Å²) in [4.78, 5) is 27.9. The summed E-state index contributed by atoms with van der Waals surface area (Å²) in [6.45, 7) is 1.48. The topological polar surface area (TPSA) is 76.5 Å². The van der Waals surface area contributed by atoms with Crippen molar-refractivity contribution in [3.05, 3.63) is 35.1 Å². The second-order valence-electron chi connectivity index (χ2n) is 7.70. The molecular weight excluding hydrogens is 451 g/mol. The Morgan fingerprint density at radius 3 is 2.87 bits per heavy atom. The Hall–Kier alpha value is -1.65. The molecule has 0 amide bonds. The van der Waals surface area contributed by atoms with Crippen molar-refractivity contribution in [2.45, 2.75) is 55.4 Å². The van der Waals surface area contributed by atoms with Gasteiger partial charge in [0, 0.05) is 29.9 Å². The summed E-state index contributed by atoms with van der Waals surface area (Å²) in [6.07, 6.45) is 2.73. The van der Waals surface area contributed by atoms with Crippen molar-refractivity contribution in [2.75, 3.05) is 12.9 Å². The first-order valence-electron chi connectivity index (χ1n) is 9.91. The largest absolute Gasteiger partial charge is 0.464 e. The summed E-state index contributed by atoms with van der Waals surface area (Å²) in [5.74, 6) is -1.19. The van der Waals surface area contributed by atoms with Crippen molar-refractivity contribution in [3.8, 4) is 0 Å². The minimum Gasteiger partial charge on any atom is -0.464 e. The number of halogens is 3. The van der Waals surface area contributed by atoms with Gasteiger partial charge >= 0.3 is 12.0 Å². The number of ether oxygens (including phenoxy) is 1. The molecule has 1 aliphatic carbocycles. The van der Waals surface area contributed by atoms with Crippen molar-refractivity contribution in [2.24, 2.45) is 11.8 Å². The highest BCUT2D eigenvalue weighted by Gasteiger charge is 2.32. The van der Waals surface area contributed by atoms with Gasteiger partial charge in [-0.1, -0.05) is 23.9 Å². The quantitative estimate of drug-likeness (QED) is 0.255. The monoisotopic (exact) mass is 477 g/mol. The molecular formula is C21H26F3NO4S2. The lowest BCUT2D eigenvalue weighted by molar-refractivity contribution is -0.121. The van der Waals surface area contributed by atoms with Crippen LogP contribution in [0.15, 0.2) is 33.8 Å². The number of aliphatic hydroxyl groups is 1. The van der Waals surface area contributed by atoms with Gasteiger partial charge in [0.15, 0.2) is 15.9 Å². The molecule has 0 aromatic carbocycles. The van der Waals surface area contributed by atoms with Crippen molar-refractivity contribution < 1.29 is 32.6 Å². The fourth-order valence-corrected chi connectivity index (χ4v) is 5.30. The third-order valence-electron chi connectivity index (χ3n) is 5.22. The number of methoxy groups -OCH3 is 1. The van der Waals surface area contributed by atoms with Gasteiger partial charge in [0.25, 0.3) is 0 Å². The van der Waals surface area contributed by atoms with Crippen LogP contribution in [0.3, 0.4) is 0 Å². The number of ketones is 1. The van der Waals surface area contributed by atoms with Gasteiger partial charge in [-0.3, -0.25) is 4.79 Å². The highest BCUT2D eigenvalue weighted by Crippen LogP contribution is 2.35. The number of Topliss-reactive ketones (excluding diaryl/α,β-unsaturated/α-hetero) is 1. The Kier molecular flexibility index (Phi) is 9.77. The van der Waals surface area contributed by atoms with Crippen LogP contribution in [-0.4, -0.2) is 40.3 Å². The van der Waals surface area contributed by atoms with Crippen LogP contribution in [0, 0.1) is 11.8 Å². The third-order valence-corrected chi connectivity index (χ3v) is 7.27. The Morgan fingerprint density at radius 1 is 1.45 bits per heavy atom. The smallest absolute Gasteiger partial charge is 0.357 e. The lowest BCUT2D eigenvalue weighted by Crippen LogP contribution is -2.23. The molecule has 1 aromatic heterocycles. The standard InChI is InChI=1S/C21H26F3NO4S2/c1-21(28,10-7-15(22)18(23)24)9-3-4-13-5-6-17(26)14(13)8-11-30-20-25-16(12-31-20)19(27)29-2/h3-4,12-14,28H,5-11H2,1-2H3/b4-3+/t13-,14-,21-/m1/s1. The molecule has 0 radical (unpaired) electrons. The zero-order valence-corrected chi connectivity index (χ0v) is 19.0. The summed E-state index contributed by atoms with van der Waals surface area (Å²) in [5.41, 5.74) is -1.04. The van der Waals surface area contributed by atoms with Crippen molar-refractivity contribution in [1.82, 2.24) is 4.98 Å². The van der Waals surface area contributed by atoms with Gasteiger partial charge < -0.3 is 9.84 Å². The minimum absolute atomic E-state index is 0.0470. The minimum atomic E-state index is -2.35. The van der Waals surface area contributed by atoms with Crippen molar-refractivity contribution in [1.29, 1.82) is 0 Å². The molecule has 2 rings (SSSR count). The summed E-state index contributed by atoms with van der Waals surface area (Å²) < 4.78 is 42.6. The number of nitrogens with zero attached hydrogens (tertiary/aromatic N) is 1. The van der Waals surface area contributed by atoms with E-state index in [4.69, 9.17) is 0 Å². The van der Waals surface area contributed by atoms with Gasteiger partial charge in [0.2, 0.25) is 0 Å². The summed E-state index contributed by atoms with van der Waals surface area (Å²) in [7, 11) is 1.30. The van der Waals surface area contributed by atoms with E-state index in [-0.39, 0.29) is 36.2 Å². The summed E-state index contributed by atoms with van der Waals surface area (Å²) >= 11 is 2.83. The molecule has 31 heavy (non-hydrogen) atoms. The molecule has 1 aromatic rings. The number of thioether (sulfide) groups is 1. The van der Waals surface area contributed by atoms with Gasteiger partial charge in [-0.2, -0.15) is 8.78 Å². The number of hydrogen-bond acceptors (Lipinski definition) is 7. The number of aromatic nitrogens is 1. The molecule has 10 heteroatoms. The lowest BCUT2D eigenvalue weighted by atomic mass is 9.90. The van der Waals surface area contributed by atoms with Crippen LogP contribution in [0.25, 0.3) is 0 Å². The second kappa shape index (κ2) is 11.8. The Bertz CT molecular complexity index is 834. The van der Waals surface area contributed by atoms with Crippen LogP contribution < -0.4 is 0 Å². The third kappa shape index (κ3) is 8.08. The van der Waals surface area contributed by atoms with E-state index in [0.717, 1.165) is 10.8 Å². The van der Waals surface area contributed by atoms with E-state index in [9.17, 15) is 27.9 Å². The van der Waals surface area contributed by atoms with Crippen molar-refractivity contribution >= 4 is 34.9 Å². The van der Waals surface area contributed by atoms with E-state index in [1.165, 1.54) is 37.1 Å². The van der Waals surface area contributed by atoms with Gasteiger partial charge in [0.05, 0.1) is 12.7 Å². The van der Waals surface area contributed by atoms with E-state index >= 15 is 0 Å². The van der Waals surface area contributed by atoms with Gasteiger partial charge in [-0.15, -0.1) is 11.3 Å².